The van der Waals surface area contributed by atoms with Crippen molar-refractivity contribution in [3.8, 4) is 0 Å². The normalized spacial score (nSPS) is 20.7. The zero-order chi connectivity index (χ0) is 24.2. The van der Waals surface area contributed by atoms with Crippen molar-refractivity contribution in [3.05, 3.63) is 35.2 Å². The van der Waals surface area contributed by atoms with Crippen molar-refractivity contribution in [1.29, 1.82) is 0 Å². The van der Waals surface area contributed by atoms with E-state index in [0.717, 1.165) is 42.1 Å². The van der Waals surface area contributed by atoms with E-state index in [-0.39, 0.29) is 12.6 Å². The van der Waals surface area contributed by atoms with E-state index in [2.05, 4.69) is 29.0 Å². The van der Waals surface area contributed by atoms with Crippen LogP contribution in [0.15, 0.2) is 23.3 Å². The first-order chi connectivity index (χ1) is 16.1. The maximum atomic E-state index is 13.0. The number of alkyl halides is 3. The van der Waals surface area contributed by atoms with Crippen LogP contribution in [0, 0.1) is 5.92 Å². The van der Waals surface area contributed by atoms with E-state index in [0.29, 0.717) is 29.1 Å². The van der Waals surface area contributed by atoms with Crippen molar-refractivity contribution in [2.24, 2.45) is 10.9 Å². The Bertz CT molecular complexity index is 1120. The quantitative estimate of drug-likeness (QED) is 0.621. The molecule has 1 saturated carbocycles. The maximum absolute atomic E-state index is 13.0. The molecule has 1 aliphatic carbocycles. The molecular weight excluding hydrogens is 463 g/mol. The largest absolute Gasteiger partial charge is 0.433 e. The Balaban J connectivity index is 1.54. The molecule has 0 spiro atoms. The second-order valence-electron chi connectivity index (χ2n) is 9.60. The van der Waals surface area contributed by atoms with Crippen molar-refractivity contribution >= 4 is 34.8 Å². The molecule has 1 atom stereocenters. The predicted octanol–water partition coefficient (Wildman–Crippen LogP) is 4.52. The number of fused-ring (bicyclic) bond motifs is 3. The molecule has 1 fully saturated rings. The fourth-order valence-corrected chi connectivity index (χ4v) is 5.08. The highest BCUT2D eigenvalue weighted by Gasteiger charge is 2.42. The Morgan fingerprint density at radius 3 is 2.56 bits per heavy atom. The Kier molecular flexibility index (Phi) is 5.78. The smallest absolute Gasteiger partial charge is 0.367 e. The summed E-state index contributed by atoms with van der Waals surface area (Å²) in [4.78, 5) is 13.2. The van der Waals surface area contributed by atoms with Gasteiger partial charge in [0.05, 0.1) is 24.7 Å². The molecule has 0 bridgehead atoms. The van der Waals surface area contributed by atoms with E-state index in [4.69, 9.17) is 22.3 Å². The van der Waals surface area contributed by atoms with Gasteiger partial charge in [0, 0.05) is 19.3 Å². The third-order valence-electron chi connectivity index (χ3n) is 6.81. The number of nitrogens with one attached hydrogen (secondary N) is 1. The first-order valence-electron chi connectivity index (χ1n) is 11.7. The van der Waals surface area contributed by atoms with Crippen LogP contribution in [0.5, 0.6) is 0 Å². The van der Waals surface area contributed by atoms with Crippen LogP contribution >= 0.6 is 12.2 Å². The minimum atomic E-state index is -4.46. The number of hydrogen-bond acceptors (Lipinski definition) is 6. The number of thiocarbonyl (C=S) groups is 1. The molecule has 3 aliphatic rings. The molecule has 5 rings (SSSR count). The molecule has 4 heterocycles. The molecule has 34 heavy (non-hydrogen) atoms. The van der Waals surface area contributed by atoms with Crippen molar-refractivity contribution in [3.63, 3.8) is 0 Å². The van der Waals surface area contributed by atoms with Crippen LogP contribution < -0.4 is 10.2 Å². The van der Waals surface area contributed by atoms with Crippen LogP contribution in [0.4, 0.5) is 24.8 Å². The molecule has 2 aromatic heterocycles. The molecule has 1 N–H and O–H groups in total. The van der Waals surface area contributed by atoms with E-state index in [9.17, 15) is 13.2 Å². The monoisotopic (exact) mass is 491 g/mol. The Morgan fingerprint density at radius 2 is 1.94 bits per heavy atom. The summed E-state index contributed by atoms with van der Waals surface area (Å²) in [6.45, 7) is 5.30. The summed E-state index contributed by atoms with van der Waals surface area (Å²) in [5, 5.41) is 8.57. The summed E-state index contributed by atoms with van der Waals surface area (Å²) in [5.41, 5.74) is 0.588. The van der Waals surface area contributed by atoms with Gasteiger partial charge in [0.25, 0.3) is 0 Å². The van der Waals surface area contributed by atoms with Crippen LogP contribution in [0.1, 0.15) is 56.4 Å². The lowest BCUT2D eigenvalue weighted by Gasteiger charge is -2.33. The summed E-state index contributed by atoms with van der Waals surface area (Å²) in [6, 6.07) is 2.93. The molecule has 0 amide bonds. The van der Waals surface area contributed by atoms with Crippen molar-refractivity contribution in [1.82, 2.24) is 19.7 Å². The maximum Gasteiger partial charge on any atom is 0.433 e. The van der Waals surface area contributed by atoms with Gasteiger partial charge in [-0.15, -0.1) is 0 Å². The average Bonchev–Trinajstić information content (AvgIpc) is 3.52. The highest BCUT2D eigenvalue weighted by atomic mass is 32.1. The van der Waals surface area contributed by atoms with Crippen molar-refractivity contribution < 1.29 is 13.2 Å². The number of aliphatic imine (C=N–C) groups is 1. The van der Waals surface area contributed by atoms with Crippen LogP contribution in [-0.2, 0) is 12.7 Å². The Labute approximate surface area is 202 Å². The molecule has 2 aliphatic heterocycles. The number of guanidine groups is 1. The molecule has 0 saturated heterocycles. The standard InChI is InChI=1S/C23H28F3N7S/c1-13(2)16-12-32-20-18(21(34)31(3)22(32)29-16)19(28-15-6-4-5-7-15)33(30-20)11-14-8-9-17(27-10-14)23(24,25)26/h8-10,13,15-16,28H,4-7,11-12H2,1-3H3/t16-/m0/s1. The molecule has 0 unspecified atom stereocenters. The second kappa shape index (κ2) is 8.51. The van der Waals surface area contributed by atoms with Crippen LogP contribution in [0.2, 0.25) is 0 Å². The molecule has 0 radical (unpaired) electrons. The van der Waals surface area contributed by atoms with Crippen LogP contribution in [0.25, 0.3) is 0 Å². The minimum Gasteiger partial charge on any atom is -0.367 e. The molecule has 2 aromatic rings. The van der Waals surface area contributed by atoms with E-state index in [1.807, 2.05) is 16.6 Å². The second-order valence-corrected chi connectivity index (χ2v) is 9.98. The predicted molar refractivity (Wildman–Crippen MR) is 129 cm³/mol. The highest BCUT2D eigenvalue weighted by Crippen LogP contribution is 2.38. The Morgan fingerprint density at radius 1 is 1.21 bits per heavy atom. The molecule has 11 heteroatoms. The zero-order valence-corrected chi connectivity index (χ0v) is 20.2. The summed E-state index contributed by atoms with van der Waals surface area (Å²) in [7, 11) is 1.93. The number of anilines is 2. The van der Waals surface area contributed by atoms with Gasteiger partial charge >= 0.3 is 6.18 Å². The average molecular weight is 492 g/mol. The lowest BCUT2D eigenvalue weighted by Crippen LogP contribution is -2.48. The lowest BCUT2D eigenvalue weighted by atomic mass is 10.1. The zero-order valence-electron chi connectivity index (χ0n) is 19.4. The lowest BCUT2D eigenvalue weighted by molar-refractivity contribution is -0.141. The number of pyridine rings is 1. The van der Waals surface area contributed by atoms with Crippen molar-refractivity contribution in [2.75, 3.05) is 23.8 Å². The summed E-state index contributed by atoms with van der Waals surface area (Å²) in [6.07, 6.45) is 1.27. The first kappa shape index (κ1) is 23.1. The third kappa shape index (κ3) is 4.03. The Hall–Kier alpha value is -2.69. The molecule has 182 valence electrons. The fraction of sp³-hybridized carbons (Fsp3) is 0.565. The molecular formula is C23H28F3N7S. The topological polar surface area (TPSA) is 61.6 Å². The molecule has 0 aromatic carbocycles. The van der Waals surface area contributed by atoms with Gasteiger partial charge in [0.1, 0.15) is 16.5 Å². The van der Waals surface area contributed by atoms with Gasteiger partial charge in [-0.25, -0.2) is 9.67 Å². The van der Waals surface area contributed by atoms with E-state index < -0.39 is 11.9 Å². The van der Waals surface area contributed by atoms with E-state index in [1.54, 1.807) is 0 Å². The fourth-order valence-electron chi connectivity index (χ4n) is 4.81. The first-order valence-corrected chi connectivity index (χ1v) is 12.1. The van der Waals surface area contributed by atoms with Gasteiger partial charge in [-0.3, -0.25) is 9.88 Å². The van der Waals surface area contributed by atoms with E-state index in [1.165, 1.54) is 25.1 Å². The highest BCUT2D eigenvalue weighted by molar-refractivity contribution is 7.80. The van der Waals surface area contributed by atoms with Gasteiger partial charge < -0.3 is 10.2 Å². The van der Waals surface area contributed by atoms with Gasteiger partial charge in [-0.2, -0.15) is 18.3 Å². The minimum absolute atomic E-state index is 0.140. The summed E-state index contributed by atoms with van der Waals surface area (Å²) in [5.74, 6) is 2.74. The number of halogens is 3. The molecule has 7 nitrogen and oxygen atoms in total. The van der Waals surface area contributed by atoms with Crippen molar-refractivity contribution in [2.45, 2.75) is 64.3 Å². The van der Waals surface area contributed by atoms with Crippen LogP contribution in [-0.4, -0.2) is 56.3 Å². The van der Waals surface area contributed by atoms with Gasteiger partial charge in [-0.1, -0.05) is 45.0 Å². The van der Waals surface area contributed by atoms with Gasteiger partial charge in [-0.05, 0) is 30.4 Å². The number of aromatic nitrogens is 3. The van der Waals surface area contributed by atoms with E-state index >= 15 is 0 Å². The third-order valence-corrected chi connectivity index (χ3v) is 7.29. The number of rotatable bonds is 5. The SMILES string of the molecule is CC(C)[C@@H]1CN2C(=N1)N(C)C(=S)c1c2nn(Cc2ccc(C(F)(F)F)nc2)c1NC1CCCC1. The van der Waals surface area contributed by atoms with Crippen LogP contribution in [0.3, 0.4) is 0 Å². The van der Waals surface area contributed by atoms with Gasteiger partial charge in [0.15, 0.2) is 5.82 Å². The summed E-state index contributed by atoms with van der Waals surface area (Å²) < 4.78 is 40.7. The van der Waals surface area contributed by atoms with Gasteiger partial charge in [0.2, 0.25) is 5.96 Å². The summed E-state index contributed by atoms with van der Waals surface area (Å²) >= 11 is 5.86. The number of nitrogens with zero attached hydrogens (tertiary/aromatic N) is 6. The number of hydrogen-bond donors (Lipinski definition) is 1.